The van der Waals surface area contributed by atoms with E-state index in [4.69, 9.17) is 14.6 Å². The van der Waals surface area contributed by atoms with Gasteiger partial charge in [-0.05, 0) is 84.7 Å². The van der Waals surface area contributed by atoms with Gasteiger partial charge in [0.1, 0.15) is 23.8 Å². The Kier molecular flexibility index (Phi) is 11.2. The topological polar surface area (TPSA) is 125 Å². The SMILES string of the molecule is CC(C)C(CC(=O)O)NC(=O)COC1(CCc2ccc(C3C(CCC(O)c4ccc(F)cc4)C(=O)N3c3ccc(F)cc3)cc2)COC1. The second-order valence-electron chi connectivity index (χ2n) is 13.1. The van der Waals surface area contributed by atoms with Gasteiger partial charge in [-0.3, -0.25) is 14.4 Å². The Bertz CT molecular complexity index is 1560. The number of benzene rings is 3. The summed E-state index contributed by atoms with van der Waals surface area (Å²) >= 11 is 0. The van der Waals surface area contributed by atoms with Crippen LogP contribution >= 0.6 is 0 Å². The van der Waals surface area contributed by atoms with Gasteiger partial charge in [0.25, 0.3) is 0 Å². The highest BCUT2D eigenvalue weighted by molar-refractivity contribution is 6.03. The lowest BCUT2D eigenvalue weighted by atomic mass is 9.78. The number of amides is 2. The number of aryl methyl sites for hydroxylation is 1. The summed E-state index contributed by atoms with van der Waals surface area (Å²) < 4.78 is 38.5. The van der Waals surface area contributed by atoms with E-state index in [0.29, 0.717) is 50.1 Å². The second kappa shape index (κ2) is 15.4. The van der Waals surface area contributed by atoms with Crippen molar-refractivity contribution >= 4 is 23.5 Å². The lowest BCUT2D eigenvalue weighted by molar-refractivity contribution is -0.212. The molecule has 2 saturated heterocycles. The van der Waals surface area contributed by atoms with Crippen LogP contribution in [0.3, 0.4) is 0 Å². The fourth-order valence-electron chi connectivity index (χ4n) is 6.28. The summed E-state index contributed by atoms with van der Waals surface area (Å²) in [5, 5.41) is 22.6. The van der Waals surface area contributed by atoms with Crippen molar-refractivity contribution in [2.24, 2.45) is 11.8 Å². The zero-order valence-corrected chi connectivity index (χ0v) is 27.1. The molecule has 3 aromatic rings. The first-order chi connectivity index (χ1) is 22.9. The van der Waals surface area contributed by atoms with Crippen molar-refractivity contribution in [1.82, 2.24) is 5.32 Å². The van der Waals surface area contributed by atoms with E-state index in [1.807, 2.05) is 38.1 Å². The van der Waals surface area contributed by atoms with Crippen molar-refractivity contribution in [1.29, 1.82) is 0 Å². The van der Waals surface area contributed by atoms with Crippen molar-refractivity contribution < 1.29 is 42.9 Å². The first-order valence-corrected chi connectivity index (χ1v) is 16.3. The number of aliphatic hydroxyl groups excluding tert-OH is 1. The number of carbonyl (C=O) groups excluding carboxylic acids is 2. The van der Waals surface area contributed by atoms with E-state index >= 15 is 0 Å². The van der Waals surface area contributed by atoms with Crippen molar-refractivity contribution in [3.8, 4) is 0 Å². The highest BCUT2D eigenvalue weighted by Gasteiger charge is 2.48. The number of ether oxygens (including phenoxy) is 2. The number of carboxylic acids is 1. The third-order valence-corrected chi connectivity index (χ3v) is 9.30. The van der Waals surface area contributed by atoms with Crippen LogP contribution in [0.15, 0.2) is 72.8 Å². The standard InChI is InChI=1S/C37H42F2N2O7/c1-23(2)31(19-34(44)45)40-33(43)20-48-37(21-47-22-37)18-17-24-3-5-26(6-4-24)35-30(15-16-32(42)25-7-9-27(38)10-8-25)36(46)41(35)29-13-11-28(39)12-14-29/h3-14,23,30-32,35,42H,15-22H2,1-2H3,(H,40,43)(H,44,45). The lowest BCUT2D eigenvalue weighted by Gasteiger charge is -2.48. The molecule has 2 fully saturated rings. The molecule has 256 valence electrons. The Morgan fingerprint density at radius 1 is 1.00 bits per heavy atom. The van der Waals surface area contributed by atoms with Gasteiger partial charge in [0.05, 0.1) is 37.7 Å². The van der Waals surface area contributed by atoms with Crippen LogP contribution in [-0.4, -0.2) is 59.5 Å². The molecule has 4 atom stereocenters. The highest BCUT2D eigenvalue weighted by Crippen LogP contribution is 2.46. The third kappa shape index (κ3) is 8.44. The van der Waals surface area contributed by atoms with Gasteiger partial charge in [0.15, 0.2) is 0 Å². The third-order valence-electron chi connectivity index (χ3n) is 9.30. The Morgan fingerprint density at radius 2 is 1.62 bits per heavy atom. The number of hydrogen-bond donors (Lipinski definition) is 3. The van der Waals surface area contributed by atoms with Crippen LogP contribution in [0.5, 0.6) is 0 Å². The average Bonchev–Trinajstić information content (AvgIpc) is 3.04. The molecule has 0 radical (unpaired) electrons. The Labute approximate surface area is 278 Å². The predicted octanol–water partition coefficient (Wildman–Crippen LogP) is 5.52. The Morgan fingerprint density at radius 3 is 2.19 bits per heavy atom. The summed E-state index contributed by atoms with van der Waals surface area (Å²) in [5.41, 5.74) is 2.48. The van der Waals surface area contributed by atoms with E-state index < -0.39 is 35.5 Å². The molecule has 9 nitrogen and oxygen atoms in total. The van der Waals surface area contributed by atoms with Gasteiger partial charge >= 0.3 is 5.97 Å². The fourth-order valence-corrected chi connectivity index (χ4v) is 6.28. The molecular weight excluding hydrogens is 622 g/mol. The van der Waals surface area contributed by atoms with Crippen molar-refractivity contribution in [2.75, 3.05) is 24.7 Å². The Hall–Kier alpha value is -4.19. The number of nitrogens with zero attached hydrogens (tertiary/aromatic N) is 1. The maximum Gasteiger partial charge on any atom is 0.305 e. The molecule has 2 amide bonds. The van der Waals surface area contributed by atoms with E-state index in [1.54, 1.807) is 17.0 Å². The molecule has 0 aromatic heterocycles. The normalized spacial score (nSPS) is 19.7. The zero-order chi connectivity index (χ0) is 34.4. The molecule has 3 N–H and O–H groups in total. The first kappa shape index (κ1) is 35.1. The minimum absolute atomic E-state index is 0.0434. The number of aliphatic hydroxyl groups is 1. The number of aliphatic carboxylic acids is 1. The second-order valence-corrected chi connectivity index (χ2v) is 13.1. The monoisotopic (exact) mass is 664 g/mol. The van der Waals surface area contributed by atoms with E-state index in [1.165, 1.54) is 36.4 Å². The average molecular weight is 665 g/mol. The summed E-state index contributed by atoms with van der Waals surface area (Å²) in [6, 6.07) is 18.6. The van der Waals surface area contributed by atoms with E-state index in [0.717, 1.165) is 11.1 Å². The maximum atomic E-state index is 13.7. The van der Waals surface area contributed by atoms with Gasteiger partial charge in [-0.25, -0.2) is 8.78 Å². The maximum absolute atomic E-state index is 13.7. The summed E-state index contributed by atoms with van der Waals surface area (Å²) in [7, 11) is 0. The number of carboxylic acid groups (broad SMARTS) is 1. The van der Waals surface area contributed by atoms with Crippen LogP contribution in [0.2, 0.25) is 0 Å². The molecule has 2 aliphatic rings. The molecule has 5 rings (SSSR count). The van der Waals surface area contributed by atoms with Gasteiger partial charge in [-0.2, -0.15) is 0 Å². The molecule has 3 aromatic carbocycles. The molecule has 11 heteroatoms. The largest absolute Gasteiger partial charge is 0.481 e. The number of carbonyl (C=O) groups is 3. The number of rotatable bonds is 16. The summed E-state index contributed by atoms with van der Waals surface area (Å²) in [5.74, 6) is -2.70. The summed E-state index contributed by atoms with van der Waals surface area (Å²) in [6.45, 7) is 4.21. The van der Waals surface area contributed by atoms with Crippen LogP contribution in [0.25, 0.3) is 0 Å². The molecule has 48 heavy (non-hydrogen) atoms. The number of nitrogens with one attached hydrogen (secondary N) is 1. The Balaban J connectivity index is 1.22. The smallest absolute Gasteiger partial charge is 0.305 e. The van der Waals surface area contributed by atoms with Gasteiger partial charge in [-0.15, -0.1) is 0 Å². The van der Waals surface area contributed by atoms with Gasteiger partial charge in [0.2, 0.25) is 11.8 Å². The zero-order valence-electron chi connectivity index (χ0n) is 27.1. The van der Waals surface area contributed by atoms with Crippen LogP contribution in [0.1, 0.15) is 68.4 Å². The number of anilines is 1. The van der Waals surface area contributed by atoms with Gasteiger partial charge < -0.3 is 29.9 Å². The molecule has 0 bridgehead atoms. The minimum atomic E-state index is -0.979. The molecule has 0 aliphatic carbocycles. The van der Waals surface area contributed by atoms with Gasteiger partial charge in [0, 0.05) is 11.7 Å². The number of β-lactam (4-membered cyclic amide) rings is 1. The number of hydrogen-bond acceptors (Lipinski definition) is 6. The van der Waals surface area contributed by atoms with E-state index in [2.05, 4.69) is 5.32 Å². The predicted molar refractivity (Wildman–Crippen MR) is 174 cm³/mol. The van der Waals surface area contributed by atoms with Crippen LogP contribution in [0, 0.1) is 23.5 Å². The van der Waals surface area contributed by atoms with E-state index in [-0.39, 0.29) is 42.6 Å². The summed E-state index contributed by atoms with van der Waals surface area (Å²) in [4.78, 5) is 38.8. The summed E-state index contributed by atoms with van der Waals surface area (Å²) in [6.07, 6.45) is 0.964. The highest BCUT2D eigenvalue weighted by atomic mass is 19.1. The molecule has 0 saturated carbocycles. The molecular formula is C37H42F2N2O7. The number of halogens is 2. The molecule has 4 unspecified atom stereocenters. The van der Waals surface area contributed by atoms with Crippen LogP contribution in [0.4, 0.5) is 14.5 Å². The van der Waals surface area contributed by atoms with E-state index in [9.17, 15) is 28.3 Å². The van der Waals surface area contributed by atoms with Gasteiger partial charge in [-0.1, -0.05) is 50.2 Å². The molecule has 2 heterocycles. The van der Waals surface area contributed by atoms with Crippen molar-refractivity contribution in [3.63, 3.8) is 0 Å². The fraction of sp³-hybridized carbons (Fsp3) is 0.432. The first-order valence-electron chi connectivity index (χ1n) is 16.3. The minimum Gasteiger partial charge on any atom is -0.481 e. The van der Waals surface area contributed by atoms with Crippen LogP contribution in [-0.2, 0) is 30.3 Å². The molecule has 2 aliphatic heterocycles. The molecule has 0 spiro atoms. The van der Waals surface area contributed by atoms with Crippen molar-refractivity contribution in [3.05, 3.63) is 101 Å². The van der Waals surface area contributed by atoms with Crippen molar-refractivity contribution in [2.45, 2.75) is 69.7 Å². The quantitative estimate of drug-likeness (QED) is 0.172. The lowest BCUT2D eigenvalue weighted by Crippen LogP contribution is -2.55. The van der Waals surface area contributed by atoms with Crippen LogP contribution < -0.4 is 10.2 Å².